The molecule has 1 heteroatoms. The summed E-state index contributed by atoms with van der Waals surface area (Å²) in [5.41, 5.74) is 0. The van der Waals surface area contributed by atoms with Gasteiger partial charge >= 0.3 is 0 Å². The van der Waals surface area contributed by atoms with Crippen molar-refractivity contribution in [1.29, 1.82) is 0 Å². The Balaban J connectivity index is 1.68. The molecule has 22 heavy (non-hydrogen) atoms. The molecule has 0 atom stereocenters. The first-order chi connectivity index (χ1) is 10.9. The molecule has 132 valence electrons. The van der Waals surface area contributed by atoms with Gasteiger partial charge in [0, 0.05) is 0 Å². The number of nitrogens with one attached hydrogen (secondary N) is 1. The molecule has 1 aliphatic rings. The van der Waals surface area contributed by atoms with Gasteiger partial charge in [-0.3, -0.25) is 0 Å². The zero-order valence-electron chi connectivity index (χ0n) is 15.5. The molecule has 0 aromatic rings. The van der Waals surface area contributed by atoms with Gasteiger partial charge in [-0.25, -0.2) is 0 Å². The van der Waals surface area contributed by atoms with Gasteiger partial charge in [-0.05, 0) is 38.3 Å². The highest BCUT2D eigenvalue weighted by Crippen LogP contribution is 2.26. The van der Waals surface area contributed by atoms with Gasteiger partial charge in [0.25, 0.3) is 0 Å². The van der Waals surface area contributed by atoms with Crippen molar-refractivity contribution in [1.82, 2.24) is 5.32 Å². The van der Waals surface area contributed by atoms with Crippen LogP contribution in [0.2, 0.25) is 0 Å². The average Bonchev–Trinajstić information content (AvgIpc) is 2.56. The molecule has 0 radical (unpaired) electrons. The SMILES string of the molecule is CCCCCCCCCCCCNCCCC1CCCCC1. The first-order valence-corrected chi connectivity index (χ1v) is 10.6. The third-order valence-electron chi connectivity index (χ3n) is 5.40. The van der Waals surface area contributed by atoms with Crippen LogP contribution in [-0.4, -0.2) is 13.1 Å². The molecule has 1 N–H and O–H groups in total. The van der Waals surface area contributed by atoms with Crippen LogP contribution in [-0.2, 0) is 0 Å². The quantitative estimate of drug-likeness (QED) is 0.326. The number of rotatable bonds is 15. The fourth-order valence-electron chi connectivity index (χ4n) is 3.85. The summed E-state index contributed by atoms with van der Waals surface area (Å²) in [6.07, 6.45) is 24.8. The average molecular weight is 310 g/mol. The first kappa shape index (κ1) is 20.0. The highest BCUT2D eigenvalue weighted by Gasteiger charge is 2.12. The predicted octanol–water partition coefficient (Wildman–Crippen LogP) is 6.86. The van der Waals surface area contributed by atoms with Crippen LogP contribution in [0.4, 0.5) is 0 Å². The summed E-state index contributed by atoms with van der Waals surface area (Å²) in [6.45, 7) is 4.80. The number of hydrogen-bond donors (Lipinski definition) is 1. The third kappa shape index (κ3) is 12.5. The molecule has 0 unspecified atom stereocenters. The first-order valence-electron chi connectivity index (χ1n) is 10.6. The summed E-state index contributed by atoms with van der Waals surface area (Å²) < 4.78 is 0. The van der Waals surface area contributed by atoms with Gasteiger partial charge in [0.15, 0.2) is 0 Å². The molecule has 0 amide bonds. The molecule has 0 bridgehead atoms. The fourth-order valence-corrected chi connectivity index (χ4v) is 3.85. The number of unbranched alkanes of at least 4 members (excludes halogenated alkanes) is 9. The lowest BCUT2D eigenvalue weighted by Gasteiger charge is -2.21. The van der Waals surface area contributed by atoms with E-state index in [1.165, 1.54) is 122 Å². The van der Waals surface area contributed by atoms with Crippen molar-refractivity contribution in [2.75, 3.05) is 13.1 Å². The monoisotopic (exact) mass is 309 g/mol. The molecule has 1 aliphatic carbocycles. The van der Waals surface area contributed by atoms with E-state index >= 15 is 0 Å². The lowest BCUT2D eigenvalue weighted by atomic mass is 9.86. The highest BCUT2D eigenvalue weighted by atomic mass is 14.8. The predicted molar refractivity (Wildman–Crippen MR) is 101 cm³/mol. The van der Waals surface area contributed by atoms with Crippen molar-refractivity contribution in [2.24, 2.45) is 5.92 Å². The zero-order chi connectivity index (χ0) is 15.7. The Hall–Kier alpha value is -0.0400. The topological polar surface area (TPSA) is 12.0 Å². The molecule has 1 saturated carbocycles. The van der Waals surface area contributed by atoms with Gasteiger partial charge in [-0.15, -0.1) is 0 Å². The van der Waals surface area contributed by atoms with E-state index in [-0.39, 0.29) is 0 Å². The lowest BCUT2D eigenvalue weighted by molar-refractivity contribution is 0.330. The minimum absolute atomic E-state index is 1.06. The zero-order valence-corrected chi connectivity index (χ0v) is 15.5. The standard InChI is InChI=1S/C21H43N/c1-2-3-4-5-6-7-8-9-10-14-19-22-20-15-18-21-16-12-11-13-17-21/h21-22H,2-20H2,1H3. The van der Waals surface area contributed by atoms with Crippen molar-refractivity contribution in [2.45, 2.75) is 116 Å². The Morgan fingerprint density at radius 3 is 1.82 bits per heavy atom. The van der Waals surface area contributed by atoms with E-state index in [4.69, 9.17) is 0 Å². The molecule has 0 aromatic heterocycles. The minimum Gasteiger partial charge on any atom is -0.317 e. The largest absolute Gasteiger partial charge is 0.317 e. The van der Waals surface area contributed by atoms with E-state index in [1.54, 1.807) is 0 Å². The maximum absolute atomic E-state index is 3.65. The Labute approximate surface area is 141 Å². The molecule has 0 spiro atoms. The molecule has 0 aliphatic heterocycles. The van der Waals surface area contributed by atoms with Crippen LogP contribution in [0.25, 0.3) is 0 Å². The highest BCUT2D eigenvalue weighted by molar-refractivity contribution is 4.66. The number of hydrogen-bond acceptors (Lipinski definition) is 1. The molecule has 1 fully saturated rings. The van der Waals surface area contributed by atoms with Crippen LogP contribution in [0.15, 0.2) is 0 Å². The second kappa shape index (κ2) is 15.8. The second-order valence-corrected chi connectivity index (χ2v) is 7.58. The van der Waals surface area contributed by atoms with Crippen molar-refractivity contribution in [3.05, 3.63) is 0 Å². The summed E-state index contributed by atoms with van der Waals surface area (Å²) in [5, 5.41) is 3.65. The molecular weight excluding hydrogens is 266 g/mol. The molecule has 0 saturated heterocycles. The summed E-state index contributed by atoms with van der Waals surface area (Å²) in [4.78, 5) is 0. The van der Waals surface area contributed by atoms with Gasteiger partial charge < -0.3 is 5.32 Å². The summed E-state index contributed by atoms with van der Waals surface area (Å²) >= 11 is 0. The molecule has 0 heterocycles. The Bertz CT molecular complexity index is 208. The van der Waals surface area contributed by atoms with Crippen LogP contribution in [0.3, 0.4) is 0 Å². The van der Waals surface area contributed by atoms with Gasteiger partial charge in [0.2, 0.25) is 0 Å². The summed E-state index contributed by atoms with van der Waals surface area (Å²) in [5.74, 6) is 1.06. The third-order valence-corrected chi connectivity index (χ3v) is 5.40. The van der Waals surface area contributed by atoms with Gasteiger partial charge in [-0.2, -0.15) is 0 Å². The van der Waals surface area contributed by atoms with E-state index < -0.39 is 0 Å². The van der Waals surface area contributed by atoms with Crippen LogP contribution in [0, 0.1) is 5.92 Å². The molecule has 1 nitrogen and oxygen atoms in total. The van der Waals surface area contributed by atoms with E-state index in [0.29, 0.717) is 0 Å². The van der Waals surface area contributed by atoms with Crippen LogP contribution >= 0.6 is 0 Å². The van der Waals surface area contributed by atoms with Gasteiger partial charge in [0.05, 0.1) is 0 Å². The van der Waals surface area contributed by atoms with Gasteiger partial charge in [-0.1, -0.05) is 96.8 Å². The van der Waals surface area contributed by atoms with E-state index in [0.717, 1.165) is 5.92 Å². The van der Waals surface area contributed by atoms with E-state index in [9.17, 15) is 0 Å². The van der Waals surface area contributed by atoms with Gasteiger partial charge in [0.1, 0.15) is 0 Å². The molecule has 1 rings (SSSR count). The van der Waals surface area contributed by atoms with Crippen LogP contribution < -0.4 is 5.32 Å². The smallest absolute Gasteiger partial charge is 0.00488 e. The van der Waals surface area contributed by atoms with Crippen molar-refractivity contribution in [3.63, 3.8) is 0 Å². The van der Waals surface area contributed by atoms with Crippen molar-refractivity contribution in [3.8, 4) is 0 Å². The Kier molecular flexibility index (Phi) is 14.4. The van der Waals surface area contributed by atoms with E-state index in [2.05, 4.69) is 12.2 Å². The maximum Gasteiger partial charge on any atom is -0.00488 e. The molecular formula is C21H43N. The van der Waals surface area contributed by atoms with Crippen molar-refractivity contribution < 1.29 is 0 Å². The van der Waals surface area contributed by atoms with Crippen LogP contribution in [0.1, 0.15) is 116 Å². The summed E-state index contributed by atoms with van der Waals surface area (Å²) in [7, 11) is 0. The Morgan fingerprint density at radius 2 is 1.18 bits per heavy atom. The minimum atomic E-state index is 1.06. The van der Waals surface area contributed by atoms with E-state index in [1.807, 2.05) is 0 Å². The normalized spacial score (nSPS) is 16.2. The Morgan fingerprint density at radius 1 is 0.636 bits per heavy atom. The van der Waals surface area contributed by atoms with Crippen LogP contribution in [0.5, 0.6) is 0 Å². The molecule has 0 aromatic carbocycles. The second-order valence-electron chi connectivity index (χ2n) is 7.58. The fraction of sp³-hybridized carbons (Fsp3) is 1.00. The lowest BCUT2D eigenvalue weighted by Crippen LogP contribution is -2.18. The summed E-state index contributed by atoms with van der Waals surface area (Å²) in [6, 6.07) is 0. The van der Waals surface area contributed by atoms with Crippen molar-refractivity contribution >= 4 is 0 Å². The maximum atomic E-state index is 3.65.